The van der Waals surface area contributed by atoms with Gasteiger partial charge in [0.2, 0.25) is 0 Å². The fourth-order valence-corrected chi connectivity index (χ4v) is 7.00. The molecule has 208 valence electrons. The molecule has 7 rings (SSSR count). The molecule has 1 fully saturated rings. The summed E-state index contributed by atoms with van der Waals surface area (Å²) in [6, 6.07) is 11.2. The first-order valence-corrected chi connectivity index (χ1v) is 13.2. The SMILES string of the molecule is CN1C(=O)c2cccc(OC(F)F)c2C2CC1c1nc3ccc(-c4cnc(C5(C#N)CC(C)(O)C5)c(F)c4)cn3c12. The number of carbonyl (C=O) groups is 1. The van der Waals surface area contributed by atoms with Gasteiger partial charge < -0.3 is 19.1 Å². The van der Waals surface area contributed by atoms with Crippen LogP contribution in [0.5, 0.6) is 5.75 Å². The van der Waals surface area contributed by atoms with Crippen molar-refractivity contribution < 1.29 is 27.8 Å². The zero-order valence-electron chi connectivity index (χ0n) is 22.1. The van der Waals surface area contributed by atoms with Crippen LogP contribution < -0.4 is 4.74 Å². The Kier molecular flexibility index (Phi) is 5.32. The monoisotopic (exact) mass is 559 g/mol. The van der Waals surface area contributed by atoms with E-state index in [1.54, 1.807) is 43.3 Å². The summed E-state index contributed by atoms with van der Waals surface area (Å²) in [6.45, 7) is -1.45. The number of benzene rings is 1. The van der Waals surface area contributed by atoms with Gasteiger partial charge in [-0.1, -0.05) is 6.07 Å². The van der Waals surface area contributed by atoms with Crippen molar-refractivity contribution in [3.8, 4) is 22.9 Å². The maximum Gasteiger partial charge on any atom is 0.387 e. The number of halogens is 3. The Morgan fingerprint density at radius 1 is 1.22 bits per heavy atom. The number of imidazole rings is 1. The van der Waals surface area contributed by atoms with Gasteiger partial charge in [-0.3, -0.25) is 9.78 Å². The van der Waals surface area contributed by atoms with Crippen LogP contribution in [0.1, 0.15) is 71.1 Å². The molecule has 1 N–H and O–H groups in total. The first kappa shape index (κ1) is 25.5. The van der Waals surface area contributed by atoms with E-state index in [9.17, 15) is 23.9 Å². The summed E-state index contributed by atoms with van der Waals surface area (Å²) in [6.07, 6.45) is 3.95. The second kappa shape index (κ2) is 8.54. The Morgan fingerprint density at radius 3 is 2.68 bits per heavy atom. The fourth-order valence-electron chi connectivity index (χ4n) is 7.00. The van der Waals surface area contributed by atoms with Gasteiger partial charge in [0.25, 0.3) is 5.91 Å². The summed E-state index contributed by atoms with van der Waals surface area (Å²) in [5.74, 6) is -1.42. The van der Waals surface area contributed by atoms with Crippen molar-refractivity contribution >= 4 is 11.6 Å². The number of ether oxygens (including phenoxy) is 1. The van der Waals surface area contributed by atoms with Gasteiger partial charge in [-0.15, -0.1) is 0 Å². The molecular formula is C30H24F3N5O3. The van der Waals surface area contributed by atoms with Crippen molar-refractivity contribution in [1.29, 1.82) is 5.26 Å². The van der Waals surface area contributed by atoms with Crippen molar-refractivity contribution in [2.24, 2.45) is 0 Å². The van der Waals surface area contributed by atoms with Gasteiger partial charge in [0, 0.05) is 60.5 Å². The average molecular weight is 560 g/mol. The second-order valence-electron chi connectivity index (χ2n) is 11.4. The van der Waals surface area contributed by atoms with Crippen LogP contribution in [0.25, 0.3) is 16.8 Å². The van der Waals surface area contributed by atoms with Gasteiger partial charge >= 0.3 is 6.61 Å². The van der Waals surface area contributed by atoms with E-state index in [4.69, 9.17) is 9.72 Å². The van der Waals surface area contributed by atoms with Crippen LogP contribution in [0.3, 0.4) is 0 Å². The molecule has 0 radical (unpaired) electrons. The Balaban J connectivity index is 1.34. The lowest BCUT2D eigenvalue weighted by molar-refractivity contribution is -0.0579. The van der Waals surface area contributed by atoms with E-state index in [2.05, 4.69) is 11.1 Å². The third-order valence-electron chi connectivity index (χ3n) is 8.64. The summed E-state index contributed by atoms with van der Waals surface area (Å²) >= 11 is 0. The molecule has 2 aliphatic carbocycles. The predicted molar refractivity (Wildman–Crippen MR) is 140 cm³/mol. The Labute approximate surface area is 232 Å². The van der Waals surface area contributed by atoms with Gasteiger partial charge in [-0.25, -0.2) is 9.37 Å². The number of nitriles is 1. The van der Waals surface area contributed by atoms with Crippen LogP contribution in [-0.4, -0.2) is 49.5 Å². The molecule has 0 saturated heterocycles. The summed E-state index contributed by atoms with van der Waals surface area (Å²) in [7, 11) is 1.68. The highest BCUT2D eigenvalue weighted by molar-refractivity contribution is 5.98. The highest BCUT2D eigenvalue weighted by atomic mass is 19.3. The zero-order chi connectivity index (χ0) is 28.8. The quantitative estimate of drug-likeness (QED) is 0.373. The van der Waals surface area contributed by atoms with Crippen LogP contribution >= 0.6 is 0 Å². The number of carbonyl (C=O) groups excluding carboxylic acids is 1. The van der Waals surface area contributed by atoms with Crippen molar-refractivity contribution in [3.63, 3.8) is 0 Å². The topological polar surface area (TPSA) is 104 Å². The minimum Gasteiger partial charge on any atom is -0.434 e. The first-order valence-electron chi connectivity index (χ1n) is 13.2. The molecule has 1 saturated carbocycles. The van der Waals surface area contributed by atoms with Crippen molar-refractivity contribution in [2.45, 2.75) is 55.8 Å². The van der Waals surface area contributed by atoms with E-state index in [0.29, 0.717) is 40.0 Å². The standard InChI is InChI=1S/C30H24F3N5O3/c1-29(40)12-30(13-29,14-34)26-19(31)8-16(10-35-26)15-6-7-22-36-24-20-9-18(25(24)38(22)11-15)23-17(27(39)37(20)2)4-3-5-21(23)41-28(32)33/h3-8,10-11,18,20,28,40H,9,12-13H2,1-2H3. The molecule has 3 aliphatic rings. The summed E-state index contributed by atoms with van der Waals surface area (Å²) in [4.78, 5) is 24.0. The molecule has 2 atom stereocenters. The molecule has 4 heterocycles. The van der Waals surface area contributed by atoms with E-state index in [0.717, 1.165) is 5.69 Å². The van der Waals surface area contributed by atoms with Crippen LogP contribution in [0.15, 0.2) is 48.8 Å². The maximum atomic E-state index is 15.4. The number of rotatable bonds is 4. The molecule has 2 unspecified atom stereocenters. The highest BCUT2D eigenvalue weighted by Gasteiger charge is 2.55. The number of hydrogen-bond acceptors (Lipinski definition) is 6. The molecular weight excluding hydrogens is 535 g/mol. The van der Waals surface area contributed by atoms with E-state index in [-0.39, 0.29) is 36.2 Å². The smallest absolute Gasteiger partial charge is 0.387 e. The third kappa shape index (κ3) is 3.67. The van der Waals surface area contributed by atoms with Crippen LogP contribution in [-0.2, 0) is 5.41 Å². The van der Waals surface area contributed by atoms with Crippen molar-refractivity contribution in [1.82, 2.24) is 19.3 Å². The number of pyridine rings is 2. The van der Waals surface area contributed by atoms with Gasteiger partial charge in [0.15, 0.2) is 0 Å². The minimum atomic E-state index is -3.06. The van der Waals surface area contributed by atoms with Crippen molar-refractivity contribution in [2.75, 3.05) is 7.05 Å². The molecule has 1 amide bonds. The van der Waals surface area contributed by atoms with Crippen LogP contribution in [0.4, 0.5) is 13.2 Å². The molecule has 1 aliphatic heterocycles. The summed E-state index contributed by atoms with van der Waals surface area (Å²) in [5, 5.41) is 19.9. The molecule has 1 aromatic carbocycles. The minimum absolute atomic E-state index is 0.0146. The second-order valence-corrected chi connectivity index (χ2v) is 11.4. The number of aliphatic hydroxyl groups is 1. The molecule has 41 heavy (non-hydrogen) atoms. The number of alkyl halides is 2. The van der Waals surface area contributed by atoms with Gasteiger partial charge in [-0.05, 0) is 43.7 Å². The number of hydrogen-bond donors (Lipinski definition) is 1. The van der Waals surface area contributed by atoms with E-state index in [1.165, 1.54) is 24.4 Å². The number of fused-ring (bicyclic) bond motifs is 9. The highest BCUT2D eigenvalue weighted by Crippen LogP contribution is 2.53. The molecule has 4 aromatic rings. The normalized spacial score (nSPS) is 26.4. The fraction of sp³-hybridized carbons (Fsp3) is 0.333. The molecule has 8 nitrogen and oxygen atoms in total. The van der Waals surface area contributed by atoms with E-state index >= 15 is 4.39 Å². The predicted octanol–water partition coefficient (Wildman–Crippen LogP) is 5.11. The molecule has 2 bridgehead atoms. The van der Waals surface area contributed by atoms with Crippen LogP contribution in [0.2, 0.25) is 0 Å². The Morgan fingerprint density at radius 2 is 2.00 bits per heavy atom. The average Bonchev–Trinajstić information content (AvgIpc) is 3.44. The van der Waals surface area contributed by atoms with E-state index < -0.39 is 29.4 Å². The number of aromatic nitrogens is 3. The lowest BCUT2D eigenvalue weighted by Gasteiger charge is -2.46. The Hall–Kier alpha value is -4.43. The third-order valence-corrected chi connectivity index (χ3v) is 8.64. The lowest BCUT2D eigenvalue weighted by atomic mass is 9.59. The van der Waals surface area contributed by atoms with Crippen LogP contribution in [0, 0.1) is 17.1 Å². The first-order chi connectivity index (χ1) is 19.5. The van der Waals surface area contributed by atoms with Gasteiger partial charge in [0.05, 0.1) is 34.8 Å². The number of nitrogens with zero attached hydrogens (tertiary/aromatic N) is 5. The molecule has 0 spiro atoms. The van der Waals surface area contributed by atoms with Gasteiger partial charge in [0.1, 0.15) is 22.6 Å². The zero-order valence-corrected chi connectivity index (χ0v) is 22.1. The number of amides is 1. The van der Waals surface area contributed by atoms with Crippen molar-refractivity contribution in [3.05, 3.63) is 82.8 Å². The van der Waals surface area contributed by atoms with E-state index in [1.807, 2.05) is 4.40 Å². The maximum absolute atomic E-state index is 15.4. The molecule has 11 heteroatoms. The summed E-state index contributed by atoms with van der Waals surface area (Å²) < 4.78 is 48.8. The van der Waals surface area contributed by atoms with Gasteiger partial charge in [-0.2, -0.15) is 14.0 Å². The lowest BCUT2D eigenvalue weighted by Crippen LogP contribution is -2.52. The Bertz CT molecular complexity index is 1800. The molecule has 3 aromatic heterocycles. The summed E-state index contributed by atoms with van der Waals surface area (Å²) in [5.41, 5.74) is 1.62. The largest absolute Gasteiger partial charge is 0.434 e.